The van der Waals surface area contributed by atoms with Gasteiger partial charge >= 0.3 is 0 Å². The number of hydrogen-bond donors (Lipinski definition) is 2. The van der Waals surface area contributed by atoms with Crippen LogP contribution in [0.5, 0.6) is 11.5 Å². The number of ether oxygens (including phenoxy) is 1. The van der Waals surface area contributed by atoms with Gasteiger partial charge in [0.15, 0.2) is 0 Å². The molecule has 3 N–H and O–H groups in total. The van der Waals surface area contributed by atoms with Crippen LogP contribution in [0, 0.1) is 0 Å². The summed E-state index contributed by atoms with van der Waals surface area (Å²) < 4.78 is 6.34. The maximum Gasteiger partial charge on any atom is 0.128 e. The zero-order chi connectivity index (χ0) is 20.2. The molecule has 1 aliphatic heterocycles. The van der Waals surface area contributed by atoms with Crippen molar-refractivity contribution < 1.29 is 9.84 Å². The Hall–Kier alpha value is -1.48. The first kappa shape index (κ1) is 21.8. The molecular weight excluding hydrogens is 334 g/mol. The van der Waals surface area contributed by atoms with Gasteiger partial charge in [0.25, 0.3) is 0 Å². The number of rotatable bonds is 4. The average Bonchev–Trinajstić information content (AvgIpc) is 2.57. The first-order chi connectivity index (χ1) is 12.7. The van der Waals surface area contributed by atoms with Crippen molar-refractivity contribution in [3.63, 3.8) is 0 Å². The van der Waals surface area contributed by atoms with Crippen LogP contribution in [-0.2, 0) is 6.42 Å². The number of allylic oxidation sites excluding steroid dienone is 1. The fourth-order valence-electron chi connectivity index (χ4n) is 4.25. The summed E-state index contributed by atoms with van der Waals surface area (Å²) in [6.45, 7) is 12.8. The molecule has 2 unspecified atom stereocenters. The van der Waals surface area contributed by atoms with E-state index in [2.05, 4.69) is 53.7 Å². The van der Waals surface area contributed by atoms with Gasteiger partial charge in [-0.25, -0.2) is 0 Å². The number of hydrogen-bond acceptors (Lipinski definition) is 3. The molecule has 0 saturated carbocycles. The highest BCUT2D eigenvalue weighted by atomic mass is 16.5. The van der Waals surface area contributed by atoms with Crippen LogP contribution in [0.2, 0.25) is 0 Å². The Bertz CT molecular complexity index is 677. The Balaban J connectivity index is 0.000000817. The molecule has 0 amide bonds. The molecule has 1 heterocycles. The highest BCUT2D eigenvalue weighted by molar-refractivity contribution is 5.56. The van der Waals surface area contributed by atoms with E-state index in [0.717, 1.165) is 42.6 Å². The number of fused-ring (bicyclic) bond motifs is 3. The molecule has 2 aliphatic rings. The molecule has 0 radical (unpaired) electrons. The van der Waals surface area contributed by atoms with Crippen molar-refractivity contribution in [1.82, 2.24) is 0 Å². The van der Waals surface area contributed by atoms with Crippen LogP contribution in [0.1, 0.15) is 97.1 Å². The van der Waals surface area contributed by atoms with E-state index in [1.54, 1.807) is 0 Å². The second-order valence-electron chi connectivity index (χ2n) is 8.83. The van der Waals surface area contributed by atoms with Gasteiger partial charge in [0, 0.05) is 11.5 Å². The fraction of sp³-hybridized carbons (Fsp3) is 0.667. The van der Waals surface area contributed by atoms with E-state index in [1.165, 1.54) is 24.8 Å². The number of aromatic hydroxyl groups is 1. The van der Waals surface area contributed by atoms with Crippen molar-refractivity contribution in [3.8, 4) is 11.5 Å². The van der Waals surface area contributed by atoms with Crippen molar-refractivity contribution in [2.75, 3.05) is 0 Å². The Morgan fingerprint density at radius 3 is 2.48 bits per heavy atom. The van der Waals surface area contributed by atoms with Crippen LogP contribution in [-0.4, -0.2) is 16.2 Å². The van der Waals surface area contributed by atoms with Gasteiger partial charge in [0.1, 0.15) is 17.1 Å². The summed E-state index contributed by atoms with van der Waals surface area (Å²) >= 11 is 0. The highest BCUT2D eigenvalue weighted by Crippen LogP contribution is 2.54. The Kier molecular flexibility index (Phi) is 7.02. The zero-order valence-corrected chi connectivity index (χ0v) is 18.2. The molecule has 0 fully saturated rings. The number of aryl methyl sites for hydroxylation is 1. The van der Waals surface area contributed by atoms with E-state index in [9.17, 15) is 5.11 Å². The number of unbranched alkanes of at least 4 members (excludes halogenated alkanes) is 2. The van der Waals surface area contributed by atoms with Crippen LogP contribution in [0.15, 0.2) is 23.8 Å². The molecule has 0 bridgehead atoms. The molecule has 3 nitrogen and oxygen atoms in total. The van der Waals surface area contributed by atoms with Gasteiger partial charge < -0.3 is 15.6 Å². The molecule has 1 aromatic carbocycles. The van der Waals surface area contributed by atoms with Crippen LogP contribution in [0.3, 0.4) is 0 Å². The third kappa shape index (κ3) is 4.34. The van der Waals surface area contributed by atoms with Gasteiger partial charge in [-0.05, 0) is 64.2 Å². The van der Waals surface area contributed by atoms with E-state index in [4.69, 9.17) is 10.5 Å². The molecule has 0 aromatic heterocycles. The molecule has 1 aliphatic carbocycles. The molecule has 152 valence electrons. The van der Waals surface area contributed by atoms with Crippen LogP contribution < -0.4 is 10.5 Å². The Morgan fingerprint density at radius 1 is 1.19 bits per heavy atom. The molecule has 3 rings (SSSR count). The molecule has 0 saturated heterocycles. The molecule has 27 heavy (non-hydrogen) atoms. The van der Waals surface area contributed by atoms with E-state index in [-0.39, 0.29) is 5.92 Å². The number of phenolic OH excluding ortho intramolecular Hbond substituents is 1. The number of nitrogens with two attached hydrogens (primary N) is 1. The predicted octanol–water partition coefficient (Wildman–Crippen LogP) is 6.23. The molecule has 0 spiro atoms. The highest BCUT2D eigenvalue weighted by Gasteiger charge is 2.55. The second-order valence-corrected chi connectivity index (χ2v) is 8.83. The van der Waals surface area contributed by atoms with Gasteiger partial charge in [0.2, 0.25) is 0 Å². The SMILES string of the molecule is CCC.CCCCCc1cc(O)c2c(c1)OC(C)(C)C1(N)CCC(C)=CC21. The van der Waals surface area contributed by atoms with Crippen molar-refractivity contribution in [1.29, 1.82) is 0 Å². The first-order valence-electron chi connectivity index (χ1n) is 10.7. The Labute approximate surface area is 166 Å². The standard InChI is InChI=1S/C21H31NO2.C3H8/c1-5-6-7-8-15-12-17(23)19-16-11-14(2)9-10-21(16,22)20(3,4)24-18(19)13-15;1-3-2/h11-13,16,23H,5-10,22H2,1-4H3;3H2,1-2H3. The number of benzene rings is 1. The Morgan fingerprint density at radius 2 is 1.85 bits per heavy atom. The lowest BCUT2D eigenvalue weighted by molar-refractivity contribution is -0.0113. The fourth-order valence-corrected chi connectivity index (χ4v) is 4.25. The van der Waals surface area contributed by atoms with E-state index >= 15 is 0 Å². The zero-order valence-electron chi connectivity index (χ0n) is 18.2. The molecule has 2 atom stereocenters. The maximum atomic E-state index is 10.7. The van der Waals surface area contributed by atoms with Crippen molar-refractivity contribution >= 4 is 0 Å². The maximum absolute atomic E-state index is 10.7. The molecule has 3 heteroatoms. The third-order valence-electron chi connectivity index (χ3n) is 5.99. The minimum absolute atomic E-state index is 0.00897. The smallest absolute Gasteiger partial charge is 0.128 e. The lowest BCUT2D eigenvalue weighted by Gasteiger charge is -2.54. The van der Waals surface area contributed by atoms with Gasteiger partial charge in [-0.15, -0.1) is 0 Å². The van der Waals surface area contributed by atoms with Gasteiger partial charge in [-0.1, -0.05) is 51.7 Å². The summed E-state index contributed by atoms with van der Waals surface area (Å²) in [6.07, 6.45) is 9.88. The molecular formula is C24H39NO2. The van der Waals surface area contributed by atoms with Crippen molar-refractivity contribution in [2.24, 2.45) is 5.73 Å². The number of phenols is 1. The van der Waals surface area contributed by atoms with E-state index < -0.39 is 11.1 Å². The monoisotopic (exact) mass is 373 g/mol. The molecule has 1 aromatic rings. The van der Waals surface area contributed by atoms with Crippen molar-refractivity contribution in [3.05, 3.63) is 34.9 Å². The normalized spacial score (nSPS) is 25.3. The summed E-state index contributed by atoms with van der Waals surface area (Å²) in [5, 5.41) is 10.7. The quantitative estimate of drug-likeness (QED) is 0.485. The van der Waals surface area contributed by atoms with E-state index in [0.29, 0.717) is 5.75 Å². The minimum Gasteiger partial charge on any atom is -0.507 e. The summed E-state index contributed by atoms with van der Waals surface area (Å²) in [5.74, 6) is 1.15. The summed E-state index contributed by atoms with van der Waals surface area (Å²) in [7, 11) is 0. The van der Waals surface area contributed by atoms with Crippen LogP contribution >= 0.6 is 0 Å². The van der Waals surface area contributed by atoms with E-state index in [1.807, 2.05) is 6.07 Å². The lowest BCUT2D eigenvalue weighted by atomic mass is 9.62. The van der Waals surface area contributed by atoms with Gasteiger partial charge in [0.05, 0.1) is 5.54 Å². The summed E-state index contributed by atoms with van der Waals surface area (Å²) in [4.78, 5) is 0. The van der Waals surface area contributed by atoms with Gasteiger partial charge in [-0.3, -0.25) is 0 Å². The van der Waals surface area contributed by atoms with Crippen LogP contribution in [0.4, 0.5) is 0 Å². The largest absolute Gasteiger partial charge is 0.507 e. The summed E-state index contributed by atoms with van der Waals surface area (Å²) in [6, 6.07) is 4.03. The predicted molar refractivity (Wildman–Crippen MR) is 115 cm³/mol. The average molecular weight is 374 g/mol. The van der Waals surface area contributed by atoms with Gasteiger partial charge in [-0.2, -0.15) is 0 Å². The third-order valence-corrected chi connectivity index (χ3v) is 5.99. The lowest BCUT2D eigenvalue weighted by Crippen LogP contribution is -2.66. The van der Waals surface area contributed by atoms with Crippen LogP contribution in [0.25, 0.3) is 0 Å². The van der Waals surface area contributed by atoms with Crippen molar-refractivity contribution in [2.45, 2.75) is 104 Å². The second kappa shape index (κ2) is 8.68. The minimum atomic E-state index is -0.485. The topological polar surface area (TPSA) is 55.5 Å². The first-order valence-corrected chi connectivity index (χ1v) is 10.7. The summed E-state index contributed by atoms with van der Waals surface area (Å²) in [5.41, 5.74) is 9.26.